The van der Waals surface area contributed by atoms with E-state index in [-0.39, 0.29) is 12.1 Å². The lowest BCUT2D eigenvalue weighted by atomic mass is 10.0. The lowest BCUT2D eigenvalue weighted by molar-refractivity contribution is -0.253. The van der Waals surface area contributed by atoms with Crippen LogP contribution in [0.4, 0.5) is 13.2 Å². The predicted molar refractivity (Wildman–Crippen MR) is 54.7 cm³/mol. The van der Waals surface area contributed by atoms with Gasteiger partial charge in [-0.05, 0) is 0 Å². The van der Waals surface area contributed by atoms with Gasteiger partial charge in [0, 0.05) is 26.2 Å². The number of nitrogens with zero attached hydrogens (tertiary/aromatic N) is 3. The van der Waals surface area contributed by atoms with Gasteiger partial charge in [0.25, 0.3) is 5.91 Å². The molecule has 2 heterocycles. The second kappa shape index (κ2) is 3.98. The van der Waals surface area contributed by atoms with Crippen LogP contribution in [-0.4, -0.2) is 50.6 Å². The van der Waals surface area contributed by atoms with Crippen LogP contribution in [0.25, 0.3) is 0 Å². The molecule has 1 aliphatic rings. The van der Waals surface area contributed by atoms with Gasteiger partial charge in [0.2, 0.25) is 0 Å². The normalized spacial score (nSPS) is 24.6. The summed E-state index contributed by atoms with van der Waals surface area (Å²) < 4.78 is 39.1. The third-order valence-electron chi connectivity index (χ3n) is 3.01. The Hall–Kier alpha value is -1.57. The number of β-amino-alcohol motifs (C(OH)–C–C–N with tert-alkyl or cyclic N) is 1. The van der Waals surface area contributed by atoms with Gasteiger partial charge in [-0.3, -0.25) is 9.48 Å². The Morgan fingerprint density at radius 3 is 2.67 bits per heavy atom. The molecule has 8 heteroatoms. The zero-order chi connectivity index (χ0) is 13.6. The van der Waals surface area contributed by atoms with Gasteiger partial charge in [0.15, 0.2) is 5.60 Å². The van der Waals surface area contributed by atoms with Crippen molar-refractivity contribution in [3.63, 3.8) is 0 Å². The van der Waals surface area contributed by atoms with E-state index in [1.54, 1.807) is 7.05 Å². The highest BCUT2D eigenvalue weighted by Gasteiger charge is 2.57. The molecule has 0 bridgehead atoms. The molecule has 1 saturated heterocycles. The average molecular weight is 263 g/mol. The molecule has 1 aliphatic heterocycles. The standard InChI is InChI=1S/C10H12F3N3O2/c1-15-5-7(4-14-15)8(17)16-3-2-9(18,6-16)10(11,12)13/h4-5,18H,2-3,6H2,1H3. The first-order valence-corrected chi connectivity index (χ1v) is 5.30. The van der Waals surface area contributed by atoms with E-state index in [1.807, 2.05) is 0 Å². The predicted octanol–water partition coefficient (Wildman–Crippen LogP) is 0.559. The molecular formula is C10H12F3N3O2. The number of hydrogen-bond donors (Lipinski definition) is 1. The molecule has 1 aromatic rings. The van der Waals surface area contributed by atoms with Crippen LogP contribution in [-0.2, 0) is 7.05 Å². The summed E-state index contributed by atoms with van der Waals surface area (Å²) in [6, 6.07) is 0. The Bertz CT molecular complexity index is 471. The van der Waals surface area contributed by atoms with Gasteiger partial charge in [-0.1, -0.05) is 0 Å². The highest BCUT2D eigenvalue weighted by molar-refractivity contribution is 5.94. The van der Waals surface area contributed by atoms with E-state index < -0.39 is 30.7 Å². The summed E-state index contributed by atoms with van der Waals surface area (Å²) in [6.45, 7) is -0.853. The smallest absolute Gasteiger partial charge is 0.379 e. The SMILES string of the molecule is Cn1cc(C(=O)N2CCC(O)(C(F)(F)F)C2)cn1. The molecule has 18 heavy (non-hydrogen) atoms. The molecule has 1 fully saturated rings. The van der Waals surface area contributed by atoms with Crippen molar-refractivity contribution in [1.82, 2.24) is 14.7 Å². The largest absolute Gasteiger partial charge is 0.419 e. The van der Waals surface area contributed by atoms with E-state index in [2.05, 4.69) is 5.10 Å². The number of amides is 1. The minimum Gasteiger partial charge on any atom is -0.379 e. The Morgan fingerprint density at radius 2 is 2.22 bits per heavy atom. The highest BCUT2D eigenvalue weighted by atomic mass is 19.4. The summed E-state index contributed by atoms with van der Waals surface area (Å²) in [4.78, 5) is 12.9. The molecule has 100 valence electrons. The van der Waals surface area contributed by atoms with Crippen LogP contribution in [0.5, 0.6) is 0 Å². The maximum Gasteiger partial charge on any atom is 0.419 e. The number of aryl methyl sites for hydroxylation is 1. The van der Waals surface area contributed by atoms with Gasteiger partial charge in [0.1, 0.15) is 0 Å². The van der Waals surface area contributed by atoms with Gasteiger partial charge in [-0.15, -0.1) is 0 Å². The molecule has 0 saturated carbocycles. The Balaban J connectivity index is 2.12. The molecule has 0 spiro atoms. The fourth-order valence-electron chi connectivity index (χ4n) is 1.91. The number of aliphatic hydroxyl groups is 1. The van der Waals surface area contributed by atoms with Crippen molar-refractivity contribution in [2.45, 2.75) is 18.2 Å². The maximum absolute atomic E-state index is 12.6. The second-order valence-electron chi connectivity index (χ2n) is 4.41. The zero-order valence-corrected chi connectivity index (χ0v) is 9.61. The molecule has 0 radical (unpaired) electrons. The van der Waals surface area contributed by atoms with Crippen LogP contribution in [0, 0.1) is 0 Å². The molecule has 1 atom stereocenters. The number of carbonyl (C=O) groups excluding carboxylic acids is 1. The molecular weight excluding hydrogens is 251 g/mol. The number of halogens is 3. The van der Waals surface area contributed by atoms with Crippen molar-refractivity contribution in [1.29, 1.82) is 0 Å². The lowest BCUT2D eigenvalue weighted by Crippen LogP contribution is -2.48. The first-order valence-electron chi connectivity index (χ1n) is 5.30. The number of likely N-dealkylation sites (tertiary alicyclic amines) is 1. The molecule has 5 nitrogen and oxygen atoms in total. The molecule has 0 aromatic carbocycles. The van der Waals surface area contributed by atoms with Gasteiger partial charge >= 0.3 is 6.18 Å². The molecule has 2 rings (SSSR count). The van der Waals surface area contributed by atoms with Crippen molar-refractivity contribution >= 4 is 5.91 Å². The number of aromatic nitrogens is 2. The average Bonchev–Trinajstić information content (AvgIpc) is 2.84. The summed E-state index contributed by atoms with van der Waals surface area (Å²) in [6.07, 6.45) is -2.51. The third-order valence-corrected chi connectivity index (χ3v) is 3.01. The molecule has 0 aliphatic carbocycles. The quantitative estimate of drug-likeness (QED) is 0.805. The van der Waals surface area contributed by atoms with E-state index in [1.165, 1.54) is 17.1 Å². The maximum atomic E-state index is 12.6. The van der Waals surface area contributed by atoms with E-state index in [9.17, 15) is 23.1 Å². The van der Waals surface area contributed by atoms with Crippen molar-refractivity contribution in [3.05, 3.63) is 18.0 Å². The van der Waals surface area contributed by atoms with Crippen LogP contribution in [0.15, 0.2) is 12.4 Å². The minimum atomic E-state index is -4.73. The molecule has 1 N–H and O–H groups in total. The lowest BCUT2D eigenvalue weighted by Gasteiger charge is -2.25. The van der Waals surface area contributed by atoms with Crippen molar-refractivity contribution in [2.75, 3.05) is 13.1 Å². The second-order valence-corrected chi connectivity index (χ2v) is 4.41. The van der Waals surface area contributed by atoms with Gasteiger partial charge in [-0.2, -0.15) is 18.3 Å². The van der Waals surface area contributed by atoms with E-state index >= 15 is 0 Å². The Morgan fingerprint density at radius 1 is 1.56 bits per heavy atom. The molecule has 1 aromatic heterocycles. The molecule has 1 amide bonds. The topological polar surface area (TPSA) is 58.4 Å². The minimum absolute atomic E-state index is 0.121. The third kappa shape index (κ3) is 2.07. The van der Waals surface area contributed by atoms with Gasteiger partial charge in [-0.25, -0.2) is 0 Å². The first kappa shape index (κ1) is 12.9. The summed E-state index contributed by atoms with van der Waals surface area (Å²) in [7, 11) is 1.60. The van der Waals surface area contributed by atoms with Crippen LogP contribution in [0.3, 0.4) is 0 Å². The van der Waals surface area contributed by atoms with E-state index in [0.717, 1.165) is 4.90 Å². The zero-order valence-electron chi connectivity index (χ0n) is 9.61. The van der Waals surface area contributed by atoms with Crippen LogP contribution >= 0.6 is 0 Å². The highest BCUT2D eigenvalue weighted by Crippen LogP contribution is 2.37. The van der Waals surface area contributed by atoms with Crippen LogP contribution in [0.2, 0.25) is 0 Å². The number of alkyl halides is 3. The first-order chi connectivity index (χ1) is 8.23. The fraction of sp³-hybridized carbons (Fsp3) is 0.600. The van der Waals surface area contributed by atoms with Crippen LogP contribution in [0.1, 0.15) is 16.8 Å². The summed E-state index contributed by atoms with van der Waals surface area (Å²) in [5.74, 6) is -0.553. The van der Waals surface area contributed by atoms with Crippen molar-refractivity contribution in [3.8, 4) is 0 Å². The van der Waals surface area contributed by atoms with Crippen molar-refractivity contribution < 1.29 is 23.1 Å². The summed E-state index contributed by atoms with van der Waals surface area (Å²) >= 11 is 0. The van der Waals surface area contributed by atoms with Crippen molar-refractivity contribution in [2.24, 2.45) is 7.05 Å². The van der Waals surface area contributed by atoms with Gasteiger partial charge < -0.3 is 10.0 Å². The summed E-state index contributed by atoms with van der Waals surface area (Å²) in [5.41, 5.74) is -2.59. The van der Waals surface area contributed by atoms with E-state index in [4.69, 9.17) is 0 Å². The number of hydrogen-bond acceptors (Lipinski definition) is 3. The number of carbonyl (C=O) groups is 1. The van der Waals surface area contributed by atoms with Crippen LogP contribution < -0.4 is 0 Å². The molecule has 1 unspecified atom stereocenters. The Labute approximate surface area is 101 Å². The van der Waals surface area contributed by atoms with E-state index in [0.29, 0.717) is 0 Å². The Kier molecular flexibility index (Phi) is 2.84. The number of rotatable bonds is 1. The fourth-order valence-corrected chi connectivity index (χ4v) is 1.91. The summed E-state index contributed by atoms with van der Waals surface area (Å²) in [5, 5.41) is 13.2. The monoisotopic (exact) mass is 263 g/mol. The van der Waals surface area contributed by atoms with Gasteiger partial charge in [0.05, 0.1) is 18.3 Å².